The summed E-state index contributed by atoms with van der Waals surface area (Å²) in [7, 11) is 0.0262. The van der Waals surface area contributed by atoms with Crippen LogP contribution in [0.1, 0.15) is 5.56 Å². The molecule has 1 heterocycles. The molecule has 0 aliphatic carbocycles. The number of nitrogens with zero attached hydrogens (tertiary/aromatic N) is 2. The van der Waals surface area contributed by atoms with Crippen molar-refractivity contribution in [2.75, 3.05) is 11.4 Å². The molecule has 1 aromatic heterocycles. The van der Waals surface area contributed by atoms with Crippen molar-refractivity contribution in [2.24, 2.45) is 7.05 Å². The Bertz CT molecular complexity index is 1220. The molecule has 0 aliphatic rings. The van der Waals surface area contributed by atoms with Gasteiger partial charge in [0.15, 0.2) is 0 Å². The van der Waals surface area contributed by atoms with E-state index in [-0.39, 0.29) is 0 Å². The quantitative estimate of drug-likeness (QED) is 0.538. The van der Waals surface area contributed by atoms with Gasteiger partial charge in [0.1, 0.15) is 0 Å². The average Bonchev–Trinajstić information content (AvgIpc) is 2.94. The van der Waals surface area contributed by atoms with Crippen molar-refractivity contribution in [3.63, 3.8) is 0 Å². The van der Waals surface area contributed by atoms with E-state index < -0.39 is 10.0 Å². The molecule has 0 bridgehead atoms. The van der Waals surface area contributed by atoms with Crippen molar-refractivity contribution in [1.82, 2.24) is 4.57 Å². The molecule has 0 aliphatic heterocycles. The number of hydrogen-bond acceptors (Lipinski definition) is 2. The van der Waals surface area contributed by atoms with E-state index >= 15 is 0 Å². The highest BCUT2D eigenvalue weighted by Crippen LogP contribution is 2.32. The van der Waals surface area contributed by atoms with Gasteiger partial charge < -0.3 is 4.57 Å². The summed E-state index contributed by atoms with van der Waals surface area (Å²) in [5.74, 6) is 0. The highest BCUT2D eigenvalue weighted by molar-refractivity contribution is 7.92. The predicted octanol–water partition coefficient (Wildman–Crippen LogP) is 4.47. The van der Waals surface area contributed by atoms with Crippen LogP contribution in [0.5, 0.6) is 0 Å². The molecule has 0 fully saturated rings. The Morgan fingerprint density at radius 3 is 2.23 bits per heavy atom. The minimum atomic E-state index is -3.60. The van der Waals surface area contributed by atoms with Crippen LogP contribution in [-0.4, -0.2) is 20.0 Å². The van der Waals surface area contributed by atoms with E-state index in [9.17, 15) is 8.42 Å². The molecule has 26 heavy (non-hydrogen) atoms. The van der Waals surface area contributed by atoms with Gasteiger partial charge in [0, 0.05) is 35.9 Å². The monoisotopic (exact) mass is 364 g/mol. The summed E-state index contributed by atoms with van der Waals surface area (Å²) in [6.07, 6.45) is 0. The molecule has 4 rings (SSSR count). The van der Waals surface area contributed by atoms with Crippen LogP contribution in [0.3, 0.4) is 0 Å². The fraction of sp³-hybridized carbons (Fsp3) is 0.143. The Morgan fingerprint density at radius 2 is 1.50 bits per heavy atom. The fourth-order valence-corrected chi connectivity index (χ4v) is 4.55. The summed E-state index contributed by atoms with van der Waals surface area (Å²) in [5.41, 5.74) is 3.89. The van der Waals surface area contributed by atoms with Gasteiger partial charge in [0.2, 0.25) is 0 Å². The lowest BCUT2D eigenvalue weighted by Crippen LogP contribution is -2.26. The molecule has 4 aromatic rings. The molecule has 5 heteroatoms. The van der Waals surface area contributed by atoms with E-state index in [1.807, 2.05) is 56.4 Å². The number of rotatable bonds is 3. The Labute approximate surface area is 153 Å². The van der Waals surface area contributed by atoms with Gasteiger partial charge in [-0.25, -0.2) is 8.42 Å². The first-order chi connectivity index (χ1) is 12.4. The van der Waals surface area contributed by atoms with Crippen molar-refractivity contribution in [1.29, 1.82) is 0 Å². The second-order valence-corrected chi connectivity index (χ2v) is 8.53. The van der Waals surface area contributed by atoms with Gasteiger partial charge in [0.05, 0.1) is 10.6 Å². The van der Waals surface area contributed by atoms with E-state index in [0.29, 0.717) is 10.6 Å². The van der Waals surface area contributed by atoms with Gasteiger partial charge in [-0.2, -0.15) is 0 Å². The molecular weight excluding hydrogens is 344 g/mol. The van der Waals surface area contributed by atoms with Gasteiger partial charge >= 0.3 is 0 Å². The third-order valence-electron chi connectivity index (χ3n) is 4.94. The van der Waals surface area contributed by atoms with Gasteiger partial charge in [-0.3, -0.25) is 4.31 Å². The highest BCUT2D eigenvalue weighted by atomic mass is 32.2. The smallest absolute Gasteiger partial charge is 0.264 e. The average molecular weight is 364 g/mol. The number of hydrogen-bond donors (Lipinski definition) is 0. The van der Waals surface area contributed by atoms with Crippen LogP contribution in [0.15, 0.2) is 71.6 Å². The molecule has 0 amide bonds. The van der Waals surface area contributed by atoms with E-state index in [0.717, 1.165) is 27.4 Å². The third-order valence-corrected chi connectivity index (χ3v) is 6.74. The third kappa shape index (κ3) is 2.47. The highest BCUT2D eigenvalue weighted by Gasteiger charge is 2.22. The molecule has 3 aromatic carbocycles. The second kappa shape index (κ2) is 5.88. The predicted molar refractivity (Wildman–Crippen MR) is 107 cm³/mol. The van der Waals surface area contributed by atoms with Crippen LogP contribution >= 0.6 is 0 Å². The standard InChI is InChI=1S/C21H20N2O2S/c1-15-8-11-17(12-9-15)26(24,25)23(3)16-10-13-21-19(14-16)18-6-4-5-7-20(18)22(21)2/h4-14H,1-3H3. The van der Waals surface area contributed by atoms with Crippen LogP contribution < -0.4 is 4.31 Å². The zero-order valence-corrected chi connectivity index (χ0v) is 15.8. The lowest BCUT2D eigenvalue weighted by Gasteiger charge is -2.20. The fourth-order valence-electron chi connectivity index (χ4n) is 3.36. The number of sulfonamides is 1. The van der Waals surface area contributed by atoms with Gasteiger partial charge in [0.25, 0.3) is 10.0 Å². The zero-order valence-electron chi connectivity index (χ0n) is 15.0. The van der Waals surface area contributed by atoms with Crippen LogP contribution in [0.25, 0.3) is 21.8 Å². The molecule has 132 valence electrons. The van der Waals surface area contributed by atoms with Gasteiger partial charge in [-0.05, 0) is 43.3 Å². The van der Waals surface area contributed by atoms with Crippen molar-refractivity contribution in [2.45, 2.75) is 11.8 Å². The number of fused-ring (bicyclic) bond motifs is 3. The number of benzene rings is 3. The Kier molecular flexibility index (Phi) is 3.77. The maximum absolute atomic E-state index is 13.0. The maximum Gasteiger partial charge on any atom is 0.264 e. The molecule has 0 unspecified atom stereocenters. The van der Waals surface area contributed by atoms with Crippen LogP contribution in [0.4, 0.5) is 5.69 Å². The Balaban J connectivity index is 1.86. The number of para-hydroxylation sites is 1. The summed E-state index contributed by atoms with van der Waals surface area (Å²) >= 11 is 0. The Morgan fingerprint density at radius 1 is 0.846 bits per heavy atom. The first-order valence-corrected chi connectivity index (χ1v) is 9.86. The normalized spacial score (nSPS) is 12.0. The molecule has 0 N–H and O–H groups in total. The number of aryl methyl sites for hydroxylation is 2. The van der Waals surface area contributed by atoms with Crippen molar-refractivity contribution >= 4 is 37.5 Å². The van der Waals surface area contributed by atoms with Crippen LogP contribution in [0, 0.1) is 6.92 Å². The van der Waals surface area contributed by atoms with Crippen molar-refractivity contribution in [3.8, 4) is 0 Å². The SMILES string of the molecule is Cc1ccc(S(=O)(=O)N(C)c2ccc3c(c2)c2ccccc2n3C)cc1. The summed E-state index contributed by atoms with van der Waals surface area (Å²) in [4.78, 5) is 0.295. The van der Waals surface area contributed by atoms with Crippen molar-refractivity contribution < 1.29 is 8.42 Å². The minimum absolute atomic E-state index is 0.295. The molecule has 0 saturated heterocycles. The first-order valence-electron chi connectivity index (χ1n) is 8.42. The minimum Gasteiger partial charge on any atom is -0.344 e. The van der Waals surface area contributed by atoms with E-state index in [2.05, 4.69) is 16.7 Å². The molecule has 0 radical (unpaired) electrons. The van der Waals surface area contributed by atoms with E-state index in [1.54, 1.807) is 19.2 Å². The van der Waals surface area contributed by atoms with E-state index in [4.69, 9.17) is 0 Å². The van der Waals surface area contributed by atoms with Crippen LogP contribution in [-0.2, 0) is 17.1 Å². The van der Waals surface area contributed by atoms with Crippen LogP contribution in [0.2, 0.25) is 0 Å². The summed E-state index contributed by atoms with van der Waals surface area (Å²) in [5, 5.41) is 2.17. The van der Waals surface area contributed by atoms with Crippen molar-refractivity contribution in [3.05, 3.63) is 72.3 Å². The Hall–Kier alpha value is -2.79. The number of anilines is 1. The lowest BCUT2D eigenvalue weighted by molar-refractivity contribution is 0.594. The second-order valence-electron chi connectivity index (χ2n) is 6.56. The van der Waals surface area contributed by atoms with Gasteiger partial charge in [-0.15, -0.1) is 0 Å². The summed E-state index contributed by atoms with van der Waals surface area (Å²) in [6.45, 7) is 1.94. The maximum atomic E-state index is 13.0. The van der Waals surface area contributed by atoms with Gasteiger partial charge in [-0.1, -0.05) is 35.9 Å². The topological polar surface area (TPSA) is 42.3 Å². The van der Waals surface area contributed by atoms with E-state index in [1.165, 1.54) is 4.31 Å². The largest absolute Gasteiger partial charge is 0.344 e. The molecule has 4 nitrogen and oxygen atoms in total. The number of aromatic nitrogens is 1. The summed E-state index contributed by atoms with van der Waals surface area (Å²) < 4.78 is 29.4. The summed E-state index contributed by atoms with van der Waals surface area (Å²) in [6, 6.07) is 20.9. The lowest BCUT2D eigenvalue weighted by atomic mass is 10.1. The molecule has 0 saturated carbocycles. The molecule has 0 atom stereocenters. The first kappa shape index (κ1) is 16.7. The molecule has 0 spiro atoms. The zero-order chi connectivity index (χ0) is 18.5. The molecular formula is C21H20N2O2S.